The summed E-state index contributed by atoms with van der Waals surface area (Å²) in [5, 5.41) is 4.14. The molecule has 0 atom stereocenters. The van der Waals surface area contributed by atoms with Gasteiger partial charge in [-0.25, -0.2) is 0 Å². The van der Waals surface area contributed by atoms with Gasteiger partial charge in [-0.2, -0.15) is 11.5 Å². The third kappa shape index (κ3) is 4.02. The molecule has 100 valence electrons. The fraction of sp³-hybridized carbons (Fsp3) is 0.154. The summed E-state index contributed by atoms with van der Waals surface area (Å²) in [6, 6.07) is 9.04. The van der Waals surface area contributed by atoms with E-state index in [1.165, 1.54) is 35.8 Å². The van der Waals surface area contributed by atoms with Gasteiger partial charge >= 0.3 is 26.2 Å². The van der Waals surface area contributed by atoms with E-state index in [-0.39, 0.29) is 63.4 Å². The zero-order chi connectivity index (χ0) is 10.6. The molecule has 0 aliphatic carbocycles. The Morgan fingerprint density at radius 1 is 1.00 bits per heavy atom. The molecule has 0 aliphatic heterocycles. The molecule has 0 fully saturated rings. The summed E-state index contributed by atoms with van der Waals surface area (Å²) in [7, 11) is 0. The Morgan fingerprint density at radius 3 is 2.26 bits per heavy atom. The molecule has 3 aromatic rings. The van der Waals surface area contributed by atoms with E-state index in [4.69, 9.17) is 0 Å². The summed E-state index contributed by atoms with van der Waals surface area (Å²) in [4.78, 5) is 0. The van der Waals surface area contributed by atoms with Crippen molar-refractivity contribution in [3.8, 4) is 0 Å². The van der Waals surface area contributed by atoms with Gasteiger partial charge in [0, 0.05) is 0 Å². The van der Waals surface area contributed by atoms with Gasteiger partial charge in [0.1, 0.15) is 0 Å². The minimum Gasteiger partial charge on any atom is -1.00 e. The van der Waals surface area contributed by atoms with Crippen molar-refractivity contribution >= 4 is 48.1 Å². The van der Waals surface area contributed by atoms with Crippen LogP contribution >= 0.6 is 27.3 Å². The van der Waals surface area contributed by atoms with Crippen LogP contribution in [0.25, 0.3) is 20.9 Å². The molecular formula is C13H10BrCl3SZr. The number of hydrogen-bond donors (Lipinski definition) is 0. The van der Waals surface area contributed by atoms with Crippen LogP contribution < -0.4 is 37.2 Å². The number of fused-ring (bicyclic) bond motifs is 2. The maximum atomic E-state index is 3.55. The number of thiophene rings is 1. The van der Waals surface area contributed by atoms with Gasteiger partial charge in [0.25, 0.3) is 0 Å². The number of rotatable bonds is 0. The predicted molar refractivity (Wildman–Crippen MR) is 72.1 cm³/mol. The van der Waals surface area contributed by atoms with Crippen LogP contribution in [0.3, 0.4) is 0 Å². The normalized spacial score (nSPS) is 9.21. The first-order chi connectivity index (χ1) is 7.15. The average Bonchev–Trinajstić information content (AvgIpc) is 2.69. The summed E-state index contributed by atoms with van der Waals surface area (Å²) >= 11 is 5.36. The molecule has 0 spiro atoms. The van der Waals surface area contributed by atoms with E-state index in [0.29, 0.717) is 0 Å². The summed E-state index contributed by atoms with van der Waals surface area (Å²) in [6.07, 6.45) is 0. The molecule has 1 aromatic heterocycles. The molecule has 0 saturated carbocycles. The molecule has 0 unspecified atom stereocenters. The van der Waals surface area contributed by atoms with Crippen molar-refractivity contribution in [2.75, 3.05) is 0 Å². The van der Waals surface area contributed by atoms with Gasteiger partial charge in [-0.05, 0) is 27.0 Å². The van der Waals surface area contributed by atoms with Crippen LogP contribution in [0.2, 0.25) is 0 Å². The number of halogens is 4. The van der Waals surface area contributed by atoms with Gasteiger partial charge < -0.3 is 37.2 Å². The summed E-state index contributed by atoms with van der Waals surface area (Å²) < 4.78 is 2.59. The van der Waals surface area contributed by atoms with E-state index < -0.39 is 0 Å². The molecule has 0 radical (unpaired) electrons. The fourth-order valence-corrected chi connectivity index (χ4v) is 3.83. The van der Waals surface area contributed by atoms with Crippen LogP contribution in [-0.2, 0) is 26.2 Å². The molecule has 0 N–H and O–H groups in total. The Balaban J connectivity index is 0. The third-order valence-corrected chi connectivity index (χ3v) is 4.48. The van der Waals surface area contributed by atoms with Gasteiger partial charge in [0.2, 0.25) is 0 Å². The average molecular weight is 476 g/mol. The quantitative estimate of drug-likeness (QED) is 0.292. The van der Waals surface area contributed by atoms with Crippen molar-refractivity contribution in [3.63, 3.8) is 0 Å². The standard InChI is InChI=1S/C13H10BrS.3ClH.Zr/c1-7-3-9-5-12-11(6-13(14)15-12)8(2)10(9)4-7;;;;/h3-6H,1-2H3;3*1H;/q-1;;;;+4/p-3. The second-order valence-corrected chi connectivity index (χ2v) is 6.46. The Morgan fingerprint density at radius 2 is 1.63 bits per heavy atom. The first-order valence-electron chi connectivity index (χ1n) is 4.91. The maximum Gasteiger partial charge on any atom is 4.00 e. The van der Waals surface area contributed by atoms with E-state index >= 15 is 0 Å². The van der Waals surface area contributed by atoms with E-state index in [2.05, 4.69) is 54.0 Å². The molecule has 0 bridgehead atoms. The smallest absolute Gasteiger partial charge is 1.00 e. The molecule has 6 heteroatoms. The SMILES string of the molecule is Cc1cc2cc3s[c-](Br)cc3c(C)c2c1.[Cl-].[Cl-].[Cl-].[Zr+4]. The molecule has 0 amide bonds. The molecule has 3 rings (SSSR count). The third-order valence-electron chi connectivity index (χ3n) is 2.89. The van der Waals surface area contributed by atoms with Crippen LogP contribution in [0, 0.1) is 13.8 Å². The zero-order valence-corrected chi connectivity index (χ0v) is 17.4. The van der Waals surface area contributed by atoms with Gasteiger partial charge in [0.15, 0.2) is 0 Å². The van der Waals surface area contributed by atoms with Crippen LogP contribution in [0.1, 0.15) is 11.1 Å². The van der Waals surface area contributed by atoms with Gasteiger partial charge in [-0.15, -0.1) is 32.3 Å². The van der Waals surface area contributed by atoms with Crippen LogP contribution in [0.15, 0.2) is 28.1 Å². The van der Waals surface area contributed by atoms with Crippen LogP contribution in [-0.4, -0.2) is 0 Å². The molecule has 0 aliphatic rings. The topological polar surface area (TPSA) is 0 Å². The summed E-state index contributed by atoms with van der Waals surface area (Å²) in [5.74, 6) is 0. The van der Waals surface area contributed by atoms with Crippen molar-refractivity contribution in [3.05, 3.63) is 39.2 Å². The molecule has 1 heterocycles. The minimum absolute atomic E-state index is 0. The first kappa shape index (κ1) is 22.3. The second-order valence-electron chi connectivity index (χ2n) is 4.00. The molecular weight excluding hydrogens is 466 g/mol. The van der Waals surface area contributed by atoms with Crippen molar-refractivity contribution in [2.24, 2.45) is 0 Å². The number of benzene rings is 1. The minimum atomic E-state index is 0. The zero-order valence-electron chi connectivity index (χ0n) is 10.2. The predicted octanol–water partition coefficient (Wildman–Crippen LogP) is -3.84. The Bertz CT molecular complexity index is 620. The summed E-state index contributed by atoms with van der Waals surface area (Å²) in [6.45, 7) is 4.37. The number of aryl methyl sites for hydroxylation is 2. The second kappa shape index (κ2) is 8.46. The van der Waals surface area contributed by atoms with E-state index in [1.54, 1.807) is 0 Å². The Kier molecular flexibility index (Phi) is 9.93. The van der Waals surface area contributed by atoms with E-state index in [1.807, 2.05) is 11.3 Å². The van der Waals surface area contributed by atoms with Crippen molar-refractivity contribution in [2.45, 2.75) is 13.8 Å². The van der Waals surface area contributed by atoms with Crippen molar-refractivity contribution < 1.29 is 63.4 Å². The molecule has 0 nitrogen and oxygen atoms in total. The number of hydrogen-bond acceptors (Lipinski definition) is 1. The Hall–Kier alpha value is 1.02. The van der Waals surface area contributed by atoms with Crippen LogP contribution in [0.4, 0.5) is 0 Å². The van der Waals surface area contributed by atoms with Crippen molar-refractivity contribution in [1.82, 2.24) is 0 Å². The van der Waals surface area contributed by atoms with E-state index in [9.17, 15) is 0 Å². The van der Waals surface area contributed by atoms with Crippen LogP contribution in [0.5, 0.6) is 0 Å². The van der Waals surface area contributed by atoms with Gasteiger partial charge in [0.05, 0.1) is 0 Å². The molecule has 0 saturated heterocycles. The fourth-order valence-electron chi connectivity index (χ4n) is 2.18. The molecule has 19 heavy (non-hydrogen) atoms. The largest absolute Gasteiger partial charge is 4.00 e. The monoisotopic (exact) mass is 472 g/mol. The van der Waals surface area contributed by atoms with Gasteiger partial charge in [-0.1, -0.05) is 19.1 Å². The first-order valence-corrected chi connectivity index (χ1v) is 6.52. The molecule has 2 aromatic carbocycles. The van der Waals surface area contributed by atoms with Gasteiger partial charge in [-0.3, -0.25) is 11.3 Å². The summed E-state index contributed by atoms with van der Waals surface area (Å²) in [5.41, 5.74) is 2.75. The Labute approximate surface area is 163 Å². The van der Waals surface area contributed by atoms with Crippen molar-refractivity contribution in [1.29, 1.82) is 0 Å². The van der Waals surface area contributed by atoms with E-state index in [0.717, 1.165) is 0 Å². The maximum absolute atomic E-state index is 3.55.